The van der Waals surface area contributed by atoms with E-state index in [1.165, 1.54) is 6.20 Å². The lowest BCUT2D eigenvalue weighted by Crippen LogP contribution is -2.19. The van der Waals surface area contributed by atoms with Crippen molar-refractivity contribution in [1.82, 2.24) is 9.55 Å². The van der Waals surface area contributed by atoms with Crippen molar-refractivity contribution in [2.24, 2.45) is 0 Å². The maximum Gasteiger partial charge on any atom is 0.341 e. The molecule has 0 aliphatic rings. The van der Waals surface area contributed by atoms with Gasteiger partial charge in [-0.1, -0.05) is 13.3 Å². The summed E-state index contributed by atoms with van der Waals surface area (Å²) in [5.74, 6) is -1.20. The van der Waals surface area contributed by atoms with E-state index in [2.05, 4.69) is 11.9 Å². The van der Waals surface area contributed by atoms with Gasteiger partial charge in [-0.15, -0.1) is 0 Å². The lowest BCUT2D eigenvalue weighted by atomic mass is 10.1. The van der Waals surface area contributed by atoms with Crippen molar-refractivity contribution in [3.8, 4) is 0 Å². The van der Waals surface area contributed by atoms with E-state index >= 15 is 0 Å². The molecule has 1 N–H and O–H groups in total. The molecule has 19 heavy (non-hydrogen) atoms. The van der Waals surface area contributed by atoms with Gasteiger partial charge in [-0.2, -0.15) is 0 Å². The number of pyridine rings is 2. The van der Waals surface area contributed by atoms with Gasteiger partial charge in [0, 0.05) is 18.4 Å². The highest BCUT2D eigenvalue weighted by atomic mass is 16.4. The Morgan fingerprint density at radius 2 is 2.16 bits per heavy atom. The highest BCUT2D eigenvalue weighted by Gasteiger charge is 2.15. The van der Waals surface area contributed by atoms with E-state index in [4.69, 9.17) is 5.11 Å². The van der Waals surface area contributed by atoms with Crippen LogP contribution in [0, 0.1) is 6.92 Å². The van der Waals surface area contributed by atoms with Crippen LogP contribution < -0.4 is 5.43 Å². The molecular formula is C14H16N2O3. The van der Waals surface area contributed by atoms with Crippen molar-refractivity contribution in [3.63, 3.8) is 0 Å². The van der Waals surface area contributed by atoms with Gasteiger partial charge < -0.3 is 9.67 Å². The summed E-state index contributed by atoms with van der Waals surface area (Å²) in [6, 6.07) is 3.37. The molecule has 0 aliphatic heterocycles. The normalized spacial score (nSPS) is 10.8. The zero-order valence-electron chi connectivity index (χ0n) is 11.0. The van der Waals surface area contributed by atoms with Crippen LogP contribution in [0.25, 0.3) is 11.0 Å². The molecule has 0 amide bonds. The van der Waals surface area contributed by atoms with Gasteiger partial charge in [-0.05, 0) is 25.5 Å². The van der Waals surface area contributed by atoms with Crippen molar-refractivity contribution in [2.75, 3.05) is 0 Å². The molecule has 0 aromatic carbocycles. The Hall–Kier alpha value is -2.17. The summed E-state index contributed by atoms with van der Waals surface area (Å²) < 4.78 is 1.76. The monoisotopic (exact) mass is 260 g/mol. The summed E-state index contributed by atoms with van der Waals surface area (Å²) >= 11 is 0. The van der Waals surface area contributed by atoms with Crippen molar-refractivity contribution in [3.05, 3.63) is 39.8 Å². The summed E-state index contributed by atoms with van der Waals surface area (Å²) in [6.07, 6.45) is 3.30. The molecule has 0 spiro atoms. The topological polar surface area (TPSA) is 72.2 Å². The van der Waals surface area contributed by atoms with Crippen molar-refractivity contribution in [2.45, 2.75) is 33.2 Å². The number of aryl methyl sites for hydroxylation is 2. The Morgan fingerprint density at radius 3 is 2.79 bits per heavy atom. The smallest absolute Gasteiger partial charge is 0.341 e. The molecule has 2 rings (SSSR count). The number of rotatable bonds is 4. The Morgan fingerprint density at radius 1 is 1.42 bits per heavy atom. The number of carboxylic acid groups (broad SMARTS) is 1. The zero-order chi connectivity index (χ0) is 14.0. The molecule has 0 fully saturated rings. The van der Waals surface area contributed by atoms with Gasteiger partial charge in [0.2, 0.25) is 5.43 Å². The Kier molecular flexibility index (Phi) is 3.64. The Bertz CT molecular complexity index is 689. The minimum Gasteiger partial charge on any atom is -0.477 e. The lowest BCUT2D eigenvalue weighted by Gasteiger charge is -2.11. The van der Waals surface area contributed by atoms with Crippen LogP contribution >= 0.6 is 0 Å². The van der Waals surface area contributed by atoms with Crippen LogP contribution in [0.15, 0.2) is 23.1 Å². The maximum absolute atomic E-state index is 12.1. The summed E-state index contributed by atoms with van der Waals surface area (Å²) in [6.45, 7) is 4.56. The number of carboxylic acids is 1. The molecule has 0 atom stereocenters. The highest BCUT2D eigenvalue weighted by Crippen LogP contribution is 2.12. The highest BCUT2D eigenvalue weighted by molar-refractivity contribution is 5.91. The van der Waals surface area contributed by atoms with Gasteiger partial charge in [0.1, 0.15) is 11.2 Å². The number of hydrogen-bond donors (Lipinski definition) is 1. The van der Waals surface area contributed by atoms with Crippen LogP contribution in [0.5, 0.6) is 0 Å². The second-order valence-corrected chi connectivity index (χ2v) is 4.55. The Labute approximate surface area is 110 Å². The van der Waals surface area contributed by atoms with Crippen LogP contribution in [0.2, 0.25) is 0 Å². The van der Waals surface area contributed by atoms with Crippen molar-refractivity contribution >= 4 is 17.0 Å². The van der Waals surface area contributed by atoms with E-state index in [0.717, 1.165) is 18.5 Å². The minimum atomic E-state index is -1.20. The summed E-state index contributed by atoms with van der Waals surface area (Å²) in [4.78, 5) is 27.6. The molecule has 2 heterocycles. The average molecular weight is 260 g/mol. The number of nitrogens with zero attached hydrogens (tertiary/aromatic N) is 2. The summed E-state index contributed by atoms with van der Waals surface area (Å²) in [5, 5.41) is 9.46. The van der Waals surface area contributed by atoms with E-state index in [0.29, 0.717) is 17.6 Å². The molecule has 100 valence electrons. The zero-order valence-corrected chi connectivity index (χ0v) is 11.0. The molecule has 2 aromatic heterocycles. The van der Waals surface area contributed by atoms with E-state index in [1.54, 1.807) is 16.7 Å². The van der Waals surface area contributed by atoms with Gasteiger partial charge in [-0.3, -0.25) is 4.79 Å². The predicted octanol–water partition coefficient (Wildman–Crippen LogP) is 2.20. The molecular weight excluding hydrogens is 244 g/mol. The largest absolute Gasteiger partial charge is 0.477 e. The molecule has 5 nitrogen and oxygen atoms in total. The van der Waals surface area contributed by atoms with Gasteiger partial charge in [-0.25, -0.2) is 9.78 Å². The summed E-state index contributed by atoms with van der Waals surface area (Å²) in [7, 11) is 0. The molecule has 0 radical (unpaired) electrons. The second-order valence-electron chi connectivity index (χ2n) is 4.55. The van der Waals surface area contributed by atoms with Crippen molar-refractivity contribution in [1.29, 1.82) is 0 Å². The van der Waals surface area contributed by atoms with Crippen LogP contribution in [-0.4, -0.2) is 20.6 Å². The fourth-order valence-corrected chi connectivity index (χ4v) is 2.01. The standard InChI is InChI=1S/C14H16N2O3/c1-3-4-7-16-8-11(14(18)19)12(17)10-6-5-9(2)15-13(10)16/h5-6,8H,3-4,7H2,1-2H3,(H,18,19). The number of unbranched alkanes of at least 4 members (excludes halogenated alkanes) is 1. The fraction of sp³-hybridized carbons (Fsp3) is 0.357. The summed E-state index contributed by atoms with van der Waals surface area (Å²) in [5.41, 5.74) is 0.695. The second kappa shape index (κ2) is 5.22. The third kappa shape index (κ3) is 2.50. The third-order valence-corrected chi connectivity index (χ3v) is 3.04. The van der Waals surface area contributed by atoms with Crippen LogP contribution in [-0.2, 0) is 6.54 Å². The van der Waals surface area contributed by atoms with Gasteiger partial charge >= 0.3 is 5.97 Å². The Balaban J connectivity index is 2.76. The molecule has 0 aliphatic carbocycles. The number of aromatic carboxylic acids is 1. The first-order valence-electron chi connectivity index (χ1n) is 6.28. The molecule has 2 aromatic rings. The first-order chi connectivity index (χ1) is 9.04. The van der Waals surface area contributed by atoms with E-state index in [9.17, 15) is 9.59 Å². The molecule has 0 unspecified atom stereocenters. The quantitative estimate of drug-likeness (QED) is 0.914. The van der Waals surface area contributed by atoms with E-state index in [1.807, 2.05) is 6.92 Å². The fourth-order valence-electron chi connectivity index (χ4n) is 2.01. The number of aromatic nitrogens is 2. The number of carbonyl (C=O) groups is 1. The maximum atomic E-state index is 12.1. The molecule has 0 saturated heterocycles. The van der Waals surface area contributed by atoms with Crippen LogP contribution in [0.3, 0.4) is 0 Å². The first kappa shape index (κ1) is 13.3. The predicted molar refractivity (Wildman–Crippen MR) is 72.6 cm³/mol. The van der Waals surface area contributed by atoms with Gasteiger partial charge in [0.05, 0.1) is 5.39 Å². The van der Waals surface area contributed by atoms with Crippen molar-refractivity contribution < 1.29 is 9.90 Å². The lowest BCUT2D eigenvalue weighted by molar-refractivity contribution is 0.0695. The first-order valence-corrected chi connectivity index (χ1v) is 6.28. The molecule has 5 heteroatoms. The molecule has 0 saturated carbocycles. The minimum absolute atomic E-state index is 0.200. The average Bonchev–Trinajstić information content (AvgIpc) is 2.37. The SMILES string of the molecule is CCCCn1cc(C(=O)O)c(=O)c2ccc(C)nc21. The number of fused-ring (bicyclic) bond motifs is 1. The van der Waals surface area contributed by atoms with Crippen LogP contribution in [0.4, 0.5) is 0 Å². The third-order valence-electron chi connectivity index (χ3n) is 3.04. The van der Waals surface area contributed by atoms with Gasteiger partial charge in [0.25, 0.3) is 0 Å². The van der Waals surface area contributed by atoms with Crippen LogP contribution in [0.1, 0.15) is 35.8 Å². The van der Waals surface area contributed by atoms with E-state index < -0.39 is 11.4 Å². The molecule has 0 bridgehead atoms. The van der Waals surface area contributed by atoms with E-state index in [-0.39, 0.29) is 5.56 Å². The number of hydrogen-bond acceptors (Lipinski definition) is 3. The van der Waals surface area contributed by atoms with Gasteiger partial charge in [0.15, 0.2) is 0 Å².